The molecule has 99 heavy (non-hydrogen) atoms. The van der Waals surface area contributed by atoms with E-state index in [0.717, 1.165) is 40.5 Å². The summed E-state index contributed by atoms with van der Waals surface area (Å²) in [6.45, 7) is 9.87. The van der Waals surface area contributed by atoms with Crippen LogP contribution in [0.5, 0.6) is 0 Å². The average molecular weight is 1420 g/mol. The Balaban J connectivity index is 1.40. The predicted octanol–water partition coefficient (Wildman–Crippen LogP) is 3.92. The van der Waals surface area contributed by atoms with Crippen LogP contribution in [0.1, 0.15) is 149 Å². The van der Waals surface area contributed by atoms with E-state index >= 15 is 18.8 Å². The number of aryl methyl sites for hydroxylation is 1. The summed E-state index contributed by atoms with van der Waals surface area (Å²) in [4.78, 5) is 188. The van der Waals surface area contributed by atoms with E-state index in [1.165, 1.54) is 97.6 Å². The number of nitrogens with one attached hydrogen (secondary N) is 3. The Morgan fingerprint density at radius 3 is 1.94 bits per heavy atom. The zero-order valence-corrected chi connectivity index (χ0v) is 61.0. The number of hydrogen-bond donors (Lipinski definition) is 3. The van der Waals surface area contributed by atoms with Gasteiger partial charge < -0.3 is 64.8 Å². The zero-order valence-electron chi connectivity index (χ0n) is 60.2. The molecule has 2 aliphatic carbocycles. The van der Waals surface area contributed by atoms with E-state index < -0.39 is 161 Å². The topological polar surface area (TPSA) is 279 Å². The molecule has 5 fully saturated rings. The summed E-state index contributed by atoms with van der Waals surface area (Å²) >= 11 is 1.07. The summed E-state index contributed by atoms with van der Waals surface area (Å²) < 4.78 is 61.9. The molecule has 0 aromatic heterocycles. The van der Waals surface area contributed by atoms with Crippen LogP contribution in [-0.2, 0) is 74.9 Å². The number of nitrogens with zero attached hydrogens (tertiary/aromatic N) is 9. The highest BCUT2D eigenvalue weighted by atomic mass is 32.2. The number of fused-ring (bicyclic) bond motifs is 2. The number of halogens is 4. The van der Waals surface area contributed by atoms with Crippen LogP contribution >= 0.6 is 11.8 Å². The van der Waals surface area contributed by atoms with Gasteiger partial charge in [0.25, 0.3) is 0 Å². The first-order valence-electron chi connectivity index (χ1n) is 34.9. The maximum Gasteiger partial charge on any atom is 0.419 e. The molecule has 3 saturated heterocycles. The molecule has 554 valence electrons. The molecule has 0 bridgehead atoms. The first-order chi connectivity index (χ1) is 46.5. The summed E-state index contributed by atoms with van der Waals surface area (Å²) in [6.07, 6.45) is 0.111. The molecule has 12 amide bonds. The third-order valence-corrected chi connectivity index (χ3v) is 21.6. The average Bonchev–Trinajstić information content (AvgIpc) is 1.53. The Labute approximate surface area is 584 Å². The van der Waals surface area contributed by atoms with E-state index in [9.17, 15) is 56.3 Å². The van der Waals surface area contributed by atoms with Gasteiger partial charge in [0.1, 0.15) is 65.7 Å². The fourth-order valence-corrected chi connectivity index (χ4v) is 15.2. The van der Waals surface area contributed by atoms with Crippen LogP contribution in [0, 0.1) is 23.6 Å². The Morgan fingerprint density at radius 2 is 1.36 bits per heavy atom. The summed E-state index contributed by atoms with van der Waals surface area (Å²) in [5.41, 5.74) is -3.04. The van der Waals surface area contributed by atoms with Gasteiger partial charge in [-0.15, -0.1) is 11.8 Å². The fourth-order valence-electron chi connectivity index (χ4n) is 14.1. The number of likely N-dealkylation sites (N-methyl/N-ethyl adjacent to an activating group) is 7. The second-order valence-electron chi connectivity index (χ2n) is 28.3. The van der Waals surface area contributed by atoms with Gasteiger partial charge in [0.2, 0.25) is 70.9 Å². The van der Waals surface area contributed by atoms with Crippen molar-refractivity contribution in [3.63, 3.8) is 0 Å². The maximum atomic E-state index is 15.5. The van der Waals surface area contributed by atoms with Crippen LogP contribution in [-0.4, -0.2) is 276 Å². The minimum absolute atomic E-state index is 0.00984. The number of benzene rings is 1. The van der Waals surface area contributed by atoms with Gasteiger partial charge in [0, 0.05) is 81.8 Å². The molecule has 2 saturated carbocycles. The normalized spacial score (nSPS) is 27.1. The summed E-state index contributed by atoms with van der Waals surface area (Å²) in [7, 11) is 11.6. The molecule has 3 aliphatic heterocycles. The van der Waals surface area contributed by atoms with Crippen molar-refractivity contribution < 1.29 is 79.8 Å². The van der Waals surface area contributed by atoms with Crippen molar-refractivity contribution >= 4 is 82.6 Å². The van der Waals surface area contributed by atoms with E-state index in [1.54, 1.807) is 6.92 Å². The van der Waals surface area contributed by atoms with Gasteiger partial charge in [0.05, 0.1) is 24.5 Å². The molecule has 6 rings (SSSR count). The first-order valence-corrected chi connectivity index (χ1v) is 36.0. The Kier molecular flexibility index (Phi) is 29.0. The number of hydrogen-bond acceptors (Lipinski definition) is 14. The Hall–Kier alpha value is -7.11. The van der Waals surface area contributed by atoms with E-state index in [2.05, 4.69) is 16.0 Å². The third-order valence-electron chi connectivity index (χ3n) is 20.6. The standard InChI is InChI=1S/C69H106F4N12O13S/c1-15-34-98-38-52-63(93)78(9)37-54(86)74-48(28-26-44-25-27-46(47(70)36-44)69(71,72)73)61(91)84-32-21-24-49(84)59(89)76-68(30-19-20-31-68)67(97)83(14)57(45-22-17-18-23-45)66(96)82(13)53(62(92)77(7)8)39-99-40-55(87)80(11)51(35-41(3)4)58(88)75-56(42(5)16-2)65(95)79(10)43(6)60(90)85-33-29-50(85)64(94)81(52)12/h25,27,36,41-43,45,48-53,56-57H,15-24,26,28-35,37-40H2,1-14H3,(H,74,86)(H,75,88)(H,76,89)/t42-,43-,48+,49-,50-,51-,52-,53-,56-,57-/m0/s1. The minimum atomic E-state index is -5.01. The van der Waals surface area contributed by atoms with Crippen LogP contribution < -0.4 is 16.0 Å². The van der Waals surface area contributed by atoms with Crippen molar-refractivity contribution in [2.24, 2.45) is 17.8 Å². The monoisotopic (exact) mass is 1420 g/mol. The zero-order chi connectivity index (χ0) is 73.7. The molecular formula is C69H106F4N12O13S. The second kappa shape index (κ2) is 35.5. The molecule has 10 atom stereocenters. The summed E-state index contributed by atoms with van der Waals surface area (Å²) in [5, 5.41) is 8.60. The molecule has 1 spiro atoms. The molecular weight excluding hydrogens is 1310 g/mol. The number of ether oxygens (including phenoxy) is 1. The van der Waals surface area contributed by atoms with Crippen LogP contribution in [0.2, 0.25) is 0 Å². The van der Waals surface area contributed by atoms with Gasteiger partial charge in [-0.25, -0.2) is 4.39 Å². The van der Waals surface area contributed by atoms with E-state index in [0.29, 0.717) is 50.7 Å². The van der Waals surface area contributed by atoms with Crippen molar-refractivity contribution in [1.29, 1.82) is 0 Å². The number of amides is 12. The fraction of sp³-hybridized carbons (Fsp3) is 0.739. The second-order valence-corrected chi connectivity index (χ2v) is 29.3. The maximum absolute atomic E-state index is 15.5. The lowest BCUT2D eigenvalue weighted by molar-refractivity contribution is -0.161. The van der Waals surface area contributed by atoms with Gasteiger partial charge in [0.15, 0.2) is 0 Å². The van der Waals surface area contributed by atoms with Crippen LogP contribution in [0.15, 0.2) is 18.2 Å². The highest BCUT2D eigenvalue weighted by Crippen LogP contribution is 2.38. The molecule has 1 aromatic rings. The van der Waals surface area contributed by atoms with Crippen molar-refractivity contribution in [2.45, 2.75) is 210 Å². The quantitative estimate of drug-likeness (QED) is 0.187. The van der Waals surface area contributed by atoms with Crippen LogP contribution in [0.25, 0.3) is 0 Å². The lowest BCUT2D eigenvalue weighted by Crippen LogP contribution is -2.65. The van der Waals surface area contributed by atoms with E-state index in [4.69, 9.17) is 4.74 Å². The van der Waals surface area contributed by atoms with Crippen molar-refractivity contribution in [2.75, 3.05) is 101 Å². The molecule has 3 heterocycles. The molecule has 5 aliphatic rings. The van der Waals surface area contributed by atoms with Crippen LogP contribution in [0.3, 0.4) is 0 Å². The molecule has 30 heteroatoms. The van der Waals surface area contributed by atoms with Gasteiger partial charge >= 0.3 is 6.18 Å². The number of rotatable bonds is 13. The largest absolute Gasteiger partial charge is 0.419 e. The van der Waals surface area contributed by atoms with Crippen LogP contribution in [0.4, 0.5) is 17.6 Å². The molecule has 0 radical (unpaired) electrons. The minimum Gasteiger partial charge on any atom is -0.379 e. The highest BCUT2D eigenvalue weighted by Gasteiger charge is 2.52. The van der Waals surface area contributed by atoms with Gasteiger partial charge in [-0.3, -0.25) is 57.5 Å². The lowest BCUT2D eigenvalue weighted by atomic mass is 9.90. The van der Waals surface area contributed by atoms with Gasteiger partial charge in [-0.1, -0.05) is 72.8 Å². The molecule has 25 nitrogen and oxygen atoms in total. The SMILES string of the molecule is CCCOC[C@H]1C(=O)N(C)CC(=O)N[C@H](CCc2ccc(C(F)(F)F)c(F)c2)C(=O)N2CCC[C@H]2C(=O)NC2(CCCC2)C(=O)N(C)[C@@H](C2CCCC2)C(=O)N(C)[C@H](C(=O)N(C)C)CSCC(=O)N(C)[C@@H](CC(C)C)C(=O)N[C@@H]([C@@H](C)CC)C(=O)N(C)[C@@H](C)C(=O)N2CC[C@H]2C(=O)N1C. The highest BCUT2D eigenvalue weighted by molar-refractivity contribution is 8.00. The number of carbonyl (C=O) groups is 12. The van der Waals surface area contributed by atoms with Crippen molar-refractivity contribution in [3.8, 4) is 0 Å². The predicted molar refractivity (Wildman–Crippen MR) is 362 cm³/mol. The van der Waals surface area contributed by atoms with Crippen molar-refractivity contribution in [1.82, 2.24) is 60.0 Å². The first kappa shape index (κ1) is 80.9. The Bertz CT molecular complexity index is 3100. The van der Waals surface area contributed by atoms with Gasteiger partial charge in [-0.05, 0) is 113 Å². The number of carbonyl (C=O) groups excluding carboxylic acids is 12. The van der Waals surface area contributed by atoms with E-state index in [-0.39, 0.29) is 107 Å². The molecule has 3 N–H and O–H groups in total. The van der Waals surface area contributed by atoms with Gasteiger partial charge in [-0.2, -0.15) is 13.2 Å². The lowest BCUT2D eigenvalue weighted by Gasteiger charge is -2.45. The molecule has 0 unspecified atom stereocenters. The third kappa shape index (κ3) is 19.5. The number of alkyl halides is 3. The Morgan fingerprint density at radius 1 is 0.717 bits per heavy atom. The van der Waals surface area contributed by atoms with E-state index in [1.807, 2.05) is 27.7 Å². The van der Waals surface area contributed by atoms with Crippen molar-refractivity contribution in [3.05, 3.63) is 35.1 Å². The summed E-state index contributed by atoms with van der Waals surface area (Å²) in [6, 6.07) is -8.65. The molecule has 1 aromatic carbocycles. The smallest absolute Gasteiger partial charge is 0.379 e. The number of thioether (sulfide) groups is 1. The summed E-state index contributed by atoms with van der Waals surface area (Å²) in [5.74, 6) is -10.6.